The Bertz CT molecular complexity index is 940. The highest BCUT2D eigenvalue weighted by molar-refractivity contribution is 6.63. The predicted octanol–water partition coefficient (Wildman–Crippen LogP) is 2.42. The highest BCUT2D eigenvalue weighted by Gasteiger charge is 2.20. The Balaban J connectivity index is 2.32. The van der Waals surface area contributed by atoms with Gasteiger partial charge in [-0.25, -0.2) is 0 Å². The van der Waals surface area contributed by atoms with Gasteiger partial charge in [-0.15, -0.1) is 0 Å². The van der Waals surface area contributed by atoms with E-state index in [9.17, 15) is 10.0 Å². The van der Waals surface area contributed by atoms with Crippen LogP contribution in [0.3, 0.4) is 0 Å². The smallest absolute Gasteiger partial charge is 0.456 e. The minimum absolute atomic E-state index is 0.470. The lowest BCUT2D eigenvalue weighted by Gasteiger charge is -2.03. The molecule has 20 heavy (non-hydrogen) atoms. The van der Waals surface area contributed by atoms with Crippen LogP contribution in [0.1, 0.15) is 0 Å². The van der Waals surface area contributed by atoms with E-state index in [1.165, 1.54) is 0 Å². The second-order valence-corrected chi connectivity index (χ2v) is 4.86. The van der Waals surface area contributed by atoms with Gasteiger partial charge in [-0.2, -0.15) is 0 Å². The van der Waals surface area contributed by atoms with E-state index in [1.807, 2.05) is 42.5 Å². The molecular formula is C16H11BO3. The van der Waals surface area contributed by atoms with E-state index in [1.54, 1.807) is 12.1 Å². The van der Waals surface area contributed by atoms with Crippen LogP contribution < -0.4 is 5.46 Å². The standard InChI is InChI=1S/C16H11BO3/c18-17(19)12-6-3-7-13-16(12)15-11-5-2-1-4-10(11)8-9-14(15)20-13/h1-9,18-19H. The number of fused-ring (bicyclic) bond motifs is 5. The van der Waals surface area contributed by atoms with Crippen LogP contribution in [0.4, 0.5) is 0 Å². The van der Waals surface area contributed by atoms with Gasteiger partial charge in [0.2, 0.25) is 0 Å². The van der Waals surface area contributed by atoms with Gasteiger partial charge >= 0.3 is 7.12 Å². The van der Waals surface area contributed by atoms with Crippen LogP contribution in [-0.2, 0) is 0 Å². The molecule has 0 saturated heterocycles. The maximum absolute atomic E-state index is 9.59. The van der Waals surface area contributed by atoms with Crippen LogP contribution in [0.15, 0.2) is 59.0 Å². The van der Waals surface area contributed by atoms with Gasteiger partial charge in [0, 0.05) is 10.8 Å². The molecule has 4 heteroatoms. The van der Waals surface area contributed by atoms with Crippen molar-refractivity contribution < 1.29 is 14.5 Å². The molecule has 3 nitrogen and oxygen atoms in total. The monoisotopic (exact) mass is 262 g/mol. The Morgan fingerprint density at radius 1 is 0.750 bits per heavy atom. The largest absolute Gasteiger partial charge is 0.489 e. The van der Waals surface area contributed by atoms with Gasteiger partial charge in [-0.1, -0.05) is 42.5 Å². The molecule has 0 atom stereocenters. The van der Waals surface area contributed by atoms with Crippen LogP contribution in [0.2, 0.25) is 0 Å². The lowest BCUT2D eigenvalue weighted by atomic mass is 9.77. The van der Waals surface area contributed by atoms with E-state index in [-0.39, 0.29) is 0 Å². The SMILES string of the molecule is OB(O)c1cccc2oc3ccc4ccccc4c3c12. The topological polar surface area (TPSA) is 53.6 Å². The lowest BCUT2D eigenvalue weighted by Crippen LogP contribution is -2.30. The number of rotatable bonds is 1. The summed E-state index contributed by atoms with van der Waals surface area (Å²) in [4.78, 5) is 0. The zero-order valence-electron chi connectivity index (χ0n) is 10.6. The maximum Gasteiger partial charge on any atom is 0.489 e. The van der Waals surface area contributed by atoms with Crippen LogP contribution in [0, 0.1) is 0 Å². The van der Waals surface area contributed by atoms with E-state index in [2.05, 4.69) is 0 Å². The first-order valence-corrected chi connectivity index (χ1v) is 6.45. The third-order valence-corrected chi connectivity index (χ3v) is 3.70. The van der Waals surface area contributed by atoms with Gasteiger partial charge in [0.1, 0.15) is 11.2 Å². The molecule has 0 aliphatic carbocycles. The van der Waals surface area contributed by atoms with Crippen molar-refractivity contribution in [3.63, 3.8) is 0 Å². The van der Waals surface area contributed by atoms with Crippen LogP contribution in [0.5, 0.6) is 0 Å². The molecule has 0 fully saturated rings. The summed E-state index contributed by atoms with van der Waals surface area (Å²) in [5.41, 5.74) is 1.89. The molecule has 0 amide bonds. The molecule has 4 rings (SSSR count). The van der Waals surface area contributed by atoms with Gasteiger partial charge in [0.05, 0.1) is 0 Å². The molecule has 2 N–H and O–H groups in total. The van der Waals surface area contributed by atoms with E-state index in [0.717, 1.165) is 27.1 Å². The van der Waals surface area contributed by atoms with Crippen LogP contribution in [0.25, 0.3) is 32.7 Å². The molecule has 0 unspecified atom stereocenters. The van der Waals surface area contributed by atoms with Crippen molar-refractivity contribution in [3.05, 3.63) is 54.6 Å². The Morgan fingerprint density at radius 3 is 2.40 bits per heavy atom. The van der Waals surface area contributed by atoms with Crippen molar-refractivity contribution >= 4 is 45.3 Å². The maximum atomic E-state index is 9.59. The number of furan rings is 1. The van der Waals surface area contributed by atoms with Crippen molar-refractivity contribution in [2.24, 2.45) is 0 Å². The minimum atomic E-state index is -1.52. The molecule has 0 aliphatic heterocycles. The normalized spacial score (nSPS) is 11.5. The summed E-state index contributed by atoms with van der Waals surface area (Å²) in [5, 5.41) is 23.0. The van der Waals surface area contributed by atoms with Crippen molar-refractivity contribution in [1.29, 1.82) is 0 Å². The molecule has 1 heterocycles. The first kappa shape index (κ1) is 11.5. The van der Waals surface area contributed by atoms with Crippen LogP contribution >= 0.6 is 0 Å². The molecular weight excluding hydrogens is 251 g/mol. The Morgan fingerprint density at radius 2 is 1.55 bits per heavy atom. The quantitative estimate of drug-likeness (QED) is 0.518. The molecule has 0 spiro atoms. The van der Waals surface area contributed by atoms with Crippen molar-refractivity contribution in [1.82, 2.24) is 0 Å². The summed E-state index contributed by atoms with van der Waals surface area (Å²) >= 11 is 0. The predicted molar refractivity (Wildman–Crippen MR) is 81.1 cm³/mol. The van der Waals surface area contributed by atoms with Gasteiger partial charge in [-0.05, 0) is 28.4 Å². The first-order valence-electron chi connectivity index (χ1n) is 6.45. The third-order valence-electron chi connectivity index (χ3n) is 3.70. The second kappa shape index (κ2) is 4.10. The first-order chi connectivity index (χ1) is 9.75. The van der Waals surface area contributed by atoms with E-state index in [0.29, 0.717) is 11.0 Å². The van der Waals surface area contributed by atoms with Crippen LogP contribution in [-0.4, -0.2) is 17.2 Å². The van der Waals surface area contributed by atoms with Crippen molar-refractivity contribution in [2.75, 3.05) is 0 Å². The summed E-state index contributed by atoms with van der Waals surface area (Å²) in [6.45, 7) is 0. The molecule has 1 aromatic heterocycles. The van der Waals surface area contributed by atoms with Crippen molar-refractivity contribution in [2.45, 2.75) is 0 Å². The minimum Gasteiger partial charge on any atom is -0.456 e. The molecule has 3 aromatic carbocycles. The summed E-state index contributed by atoms with van der Waals surface area (Å²) in [6.07, 6.45) is 0. The number of hydrogen-bond donors (Lipinski definition) is 2. The fourth-order valence-corrected chi connectivity index (χ4v) is 2.83. The average Bonchev–Trinajstić information content (AvgIpc) is 2.85. The Kier molecular flexibility index (Phi) is 2.36. The summed E-state index contributed by atoms with van der Waals surface area (Å²) in [5.74, 6) is 0. The molecule has 4 aromatic rings. The van der Waals surface area contributed by atoms with E-state index < -0.39 is 7.12 Å². The van der Waals surface area contributed by atoms with E-state index in [4.69, 9.17) is 4.42 Å². The number of benzene rings is 3. The zero-order valence-corrected chi connectivity index (χ0v) is 10.6. The fourth-order valence-electron chi connectivity index (χ4n) is 2.83. The van der Waals surface area contributed by atoms with Gasteiger partial charge in [-0.3, -0.25) is 0 Å². The number of hydrogen-bond acceptors (Lipinski definition) is 3. The van der Waals surface area contributed by atoms with Crippen molar-refractivity contribution in [3.8, 4) is 0 Å². The highest BCUT2D eigenvalue weighted by atomic mass is 16.4. The van der Waals surface area contributed by atoms with E-state index >= 15 is 0 Å². The summed E-state index contributed by atoms with van der Waals surface area (Å²) < 4.78 is 5.83. The fraction of sp³-hybridized carbons (Fsp3) is 0. The molecule has 0 aliphatic rings. The Hall–Kier alpha value is -2.30. The molecule has 0 bridgehead atoms. The van der Waals surface area contributed by atoms with Gasteiger partial charge in [0.25, 0.3) is 0 Å². The van der Waals surface area contributed by atoms with Gasteiger partial charge in [0.15, 0.2) is 0 Å². The molecule has 0 radical (unpaired) electrons. The summed E-state index contributed by atoms with van der Waals surface area (Å²) in [7, 11) is -1.52. The second-order valence-electron chi connectivity index (χ2n) is 4.86. The van der Waals surface area contributed by atoms with Gasteiger partial charge < -0.3 is 14.5 Å². The lowest BCUT2D eigenvalue weighted by molar-refractivity contribution is 0.426. The Labute approximate surface area is 115 Å². The zero-order chi connectivity index (χ0) is 13.7. The molecule has 96 valence electrons. The third kappa shape index (κ3) is 1.49. The highest BCUT2D eigenvalue weighted by Crippen LogP contribution is 2.33. The summed E-state index contributed by atoms with van der Waals surface area (Å²) in [6, 6.07) is 17.3. The molecule has 0 saturated carbocycles. The average molecular weight is 262 g/mol.